The Kier molecular flexibility index (Phi) is 8.87. The summed E-state index contributed by atoms with van der Waals surface area (Å²) in [5, 5.41) is 6.29. The van der Waals surface area contributed by atoms with E-state index in [1.54, 1.807) is 0 Å². The van der Waals surface area contributed by atoms with Crippen molar-refractivity contribution in [3.05, 3.63) is 34.9 Å². The minimum Gasteiger partial charge on any atom is -0.354 e. The van der Waals surface area contributed by atoms with Crippen molar-refractivity contribution >= 4 is 35.8 Å². The van der Waals surface area contributed by atoms with Crippen LogP contribution in [0.5, 0.6) is 0 Å². The van der Waals surface area contributed by atoms with E-state index in [1.165, 1.54) is 5.56 Å². The second kappa shape index (κ2) is 10.1. The van der Waals surface area contributed by atoms with Crippen molar-refractivity contribution in [2.45, 2.75) is 51.0 Å². The van der Waals surface area contributed by atoms with Gasteiger partial charge in [0.15, 0.2) is 0 Å². The molecule has 4 N–H and O–H groups in total. The summed E-state index contributed by atoms with van der Waals surface area (Å²) >= 11 is 5.99. The molecule has 7 heteroatoms. The molecular weight excluding hydrogens is 373 g/mol. The van der Waals surface area contributed by atoms with Gasteiger partial charge in [0, 0.05) is 17.0 Å². The zero-order valence-electron chi connectivity index (χ0n) is 15.4. The highest BCUT2D eigenvalue weighted by molar-refractivity contribution is 6.30. The fourth-order valence-electron chi connectivity index (χ4n) is 3.34. The van der Waals surface area contributed by atoms with Gasteiger partial charge in [0.2, 0.25) is 11.8 Å². The second-order valence-corrected chi connectivity index (χ2v) is 7.70. The topological polar surface area (TPSA) is 84.2 Å². The Labute approximate surface area is 166 Å². The molecule has 0 aromatic heterocycles. The van der Waals surface area contributed by atoms with Crippen LogP contribution in [0.25, 0.3) is 0 Å². The lowest BCUT2D eigenvalue weighted by molar-refractivity contribution is -0.127. The Hall–Kier alpha value is -1.30. The number of nitrogens with one attached hydrogen (secondary N) is 2. The predicted molar refractivity (Wildman–Crippen MR) is 108 cm³/mol. The van der Waals surface area contributed by atoms with Crippen molar-refractivity contribution in [3.8, 4) is 0 Å². The number of hydrogen-bond donors (Lipinski definition) is 3. The molecule has 146 valence electrons. The molecule has 1 saturated carbocycles. The molecule has 1 fully saturated rings. The molecule has 1 aromatic carbocycles. The lowest BCUT2D eigenvalue weighted by atomic mass is 9.79. The van der Waals surface area contributed by atoms with Gasteiger partial charge in [-0.15, -0.1) is 12.4 Å². The van der Waals surface area contributed by atoms with E-state index in [9.17, 15) is 9.59 Å². The van der Waals surface area contributed by atoms with E-state index in [1.807, 2.05) is 38.1 Å². The molecule has 1 atom stereocenters. The number of hydrogen-bond acceptors (Lipinski definition) is 3. The largest absolute Gasteiger partial charge is 0.354 e. The average Bonchev–Trinajstić information content (AvgIpc) is 3.07. The van der Waals surface area contributed by atoms with Crippen molar-refractivity contribution in [1.29, 1.82) is 0 Å². The minimum atomic E-state index is -0.594. The first-order chi connectivity index (χ1) is 11.8. The van der Waals surface area contributed by atoms with Crippen LogP contribution in [0.2, 0.25) is 5.02 Å². The molecule has 1 aliphatic rings. The fraction of sp³-hybridized carbons (Fsp3) is 0.579. The number of carbonyl (C=O) groups is 2. The highest BCUT2D eigenvalue weighted by Gasteiger charge is 2.35. The Morgan fingerprint density at radius 2 is 1.73 bits per heavy atom. The zero-order chi connectivity index (χ0) is 18.4. The van der Waals surface area contributed by atoms with Gasteiger partial charge in [-0.1, -0.05) is 50.4 Å². The maximum atomic E-state index is 12.1. The Balaban J connectivity index is 0.00000338. The summed E-state index contributed by atoms with van der Waals surface area (Å²) in [5.74, 6) is -0.447. The average molecular weight is 402 g/mol. The summed E-state index contributed by atoms with van der Waals surface area (Å²) in [7, 11) is 0. The van der Waals surface area contributed by atoms with E-state index in [2.05, 4.69) is 10.6 Å². The zero-order valence-corrected chi connectivity index (χ0v) is 17.0. The fourth-order valence-corrected chi connectivity index (χ4v) is 3.47. The van der Waals surface area contributed by atoms with Gasteiger partial charge < -0.3 is 16.4 Å². The third-order valence-corrected chi connectivity index (χ3v) is 5.34. The number of benzene rings is 1. The van der Waals surface area contributed by atoms with Gasteiger partial charge in [-0.05, 0) is 36.5 Å². The summed E-state index contributed by atoms with van der Waals surface area (Å²) < 4.78 is 0. The lowest BCUT2D eigenvalue weighted by Crippen LogP contribution is -2.48. The molecule has 0 spiro atoms. The molecule has 0 aliphatic heterocycles. The number of halogens is 2. The molecular formula is C19H29Cl2N3O2. The molecule has 2 rings (SSSR count). The van der Waals surface area contributed by atoms with Crippen molar-refractivity contribution < 1.29 is 9.59 Å². The lowest BCUT2D eigenvalue weighted by Gasteiger charge is -2.30. The first kappa shape index (κ1) is 22.7. The molecule has 0 radical (unpaired) electrons. The molecule has 2 amide bonds. The second-order valence-electron chi connectivity index (χ2n) is 7.26. The molecule has 0 heterocycles. The molecule has 1 aliphatic carbocycles. The van der Waals surface area contributed by atoms with Crippen LogP contribution in [0.4, 0.5) is 0 Å². The van der Waals surface area contributed by atoms with E-state index in [0.717, 1.165) is 25.7 Å². The highest BCUT2D eigenvalue weighted by Crippen LogP contribution is 2.40. The van der Waals surface area contributed by atoms with Crippen LogP contribution in [0.1, 0.15) is 45.1 Å². The molecule has 1 aromatic rings. The third kappa shape index (κ3) is 5.86. The van der Waals surface area contributed by atoms with E-state index in [-0.39, 0.29) is 42.1 Å². The van der Waals surface area contributed by atoms with Gasteiger partial charge >= 0.3 is 0 Å². The number of carbonyl (C=O) groups excluding carboxylic acids is 2. The maximum Gasteiger partial charge on any atom is 0.239 e. The van der Waals surface area contributed by atoms with Gasteiger partial charge in [-0.2, -0.15) is 0 Å². The Morgan fingerprint density at radius 3 is 2.27 bits per heavy atom. The molecule has 0 unspecified atom stereocenters. The predicted octanol–water partition coefficient (Wildman–Crippen LogP) is 2.79. The molecule has 26 heavy (non-hydrogen) atoms. The molecule has 5 nitrogen and oxygen atoms in total. The van der Waals surface area contributed by atoms with Crippen LogP contribution in [0.15, 0.2) is 24.3 Å². The van der Waals surface area contributed by atoms with Crippen molar-refractivity contribution in [2.24, 2.45) is 11.7 Å². The first-order valence-electron chi connectivity index (χ1n) is 8.90. The summed E-state index contributed by atoms with van der Waals surface area (Å²) in [6.45, 7) is 4.27. The van der Waals surface area contributed by atoms with Crippen LogP contribution in [-0.2, 0) is 15.0 Å². The van der Waals surface area contributed by atoms with E-state index >= 15 is 0 Å². The highest BCUT2D eigenvalue weighted by atomic mass is 35.5. The monoisotopic (exact) mass is 401 g/mol. The van der Waals surface area contributed by atoms with E-state index in [4.69, 9.17) is 17.3 Å². The van der Waals surface area contributed by atoms with Gasteiger partial charge in [0.05, 0.1) is 12.6 Å². The van der Waals surface area contributed by atoms with Crippen LogP contribution in [0, 0.1) is 5.92 Å². The van der Waals surface area contributed by atoms with Crippen molar-refractivity contribution in [2.75, 3.05) is 13.1 Å². The standard InChI is InChI=1S/C19H28ClN3O2.ClH/c1-13(2)17(21)18(25)22-11-16(24)23-12-19(9-3-4-10-19)14-5-7-15(20)8-6-14;/h5-8,13,17H,3-4,9-12,21H2,1-2H3,(H,22,25)(H,23,24);1H/t17-;/m0./s1. The summed E-state index contributed by atoms with van der Waals surface area (Å²) in [4.78, 5) is 24.0. The third-order valence-electron chi connectivity index (χ3n) is 5.09. The van der Waals surface area contributed by atoms with Crippen LogP contribution in [0.3, 0.4) is 0 Å². The Bertz CT molecular complexity index is 599. The van der Waals surface area contributed by atoms with Gasteiger partial charge in [0.25, 0.3) is 0 Å². The Morgan fingerprint density at radius 1 is 1.15 bits per heavy atom. The van der Waals surface area contributed by atoms with Gasteiger partial charge in [-0.25, -0.2) is 0 Å². The van der Waals surface area contributed by atoms with Crippen LogP contribution in [-0.4, -0.2) is 30.9 Å². The minimum absolute atomic E-state index is 0. The normalized spacial score (nSPS) is 16.7. The summed E-state index contributed by atoms with van der Waals surface area (Å²) in [6.07, 6.45) is 4.38. The smallest absolute Gasteiger partial charge is 0.239 e. The van der Waals surface area contributed by atoms with E-state index in [0.29, 0.717) is 11.6 Å². The number of amides is 2. The maximum absolute atomic E-state index is 12.1. The SMILES string of the molecule is CC(C)[C@H](N)C(=O)NCC(=O)NCC1(c2ccc(Cl)cc2)CCCC1.Cl. The van der Waals surface area contributed by atoms with Gasteiger partial charge in [-0.3, -0.25) is 9.59 Å². The van der Waals surface area contributed by atoms with Crippen LogP contribution < -0.4 is 16.4 Å². The van der Waals surface area contributed by atoms with Crippen LogP contribution >= 0.6 is 24.0 Å². The van der Waals surface area contributed by atoms with Crippen molar-refractivity contribution in [3.63, 3.8) is 0 Å². The summed E-state index contributed by atoms with van der Waals surface area (Å²) in [5.41, 5.74) is 6.94. The number of nitrogens with two attached hydrogens (primary N) is 1. The van der Waals surface area contributed by atoms with Gasteiger partial charge in [0.1, 0.15) is 0 Å². The summed E-state index contributed by atoms with van der Waals surface area (Å²) in [6, 6.07) is 7.29. The van der Waals surface area contributed by atoms with E-state index < -0.39 is 6.04 Å². The quantitative estimate of drug-likeness (QED) is 0.656. The molecule has 0 bridgehead atoms. The first-order valence-corrected chi connectivity index (χ1v) is 9.28. The number of rotatable bonds is 7. The molecule has 0 saturated heterocycles. The van der Waals surface area contributed by atoms with Crippen molar-refractivity contribution in [1.82, 2.24) is 10.6 Å².